The Hall–Kier alpha value is -1.22. The summed E-state index contributed by atoms with van der Waals surface area (Å²) in [6, 6.07) is 8.41. The van der Waals surface area contributed by atoms with E-state index in [1.165, 1.54) is 12.1 Å². The first kappa shape index (κ1) is 17.8. The lowest BCUT2D eigenvalue weighted by Crippen LogP contribution is -2.21. The Morgan fingerprint density at radius 2 is 1.90 bits per heavy atom. The van der Waals surface area contributed by atoms with E-state index in [4.69, 9.17) is 4.74 Å². The van der Waals surface area contributed by atoms with E-state index in [9.17, 15) is 0 Å². The summed E-state index contributed by atoms with van der Waals surface area (Å²) in [7, 11) is 0. The molecule has 0 saturated heterocycles. The average molecular weight is 292 g/mol. The highest BCUT2D eigenvalue weighted by atomic mass is 16.5. The number of benzene rings is 1. The third-order valence-corrected chi connectivity index (χ3v) is 3.52. The Morgan fingerprint density at radius 1 is 1.14 bits per heavy atom. The Labute approximate surface area is 130 Å². The van der Waals surface area contributed by atoms with Gasteiger partial charge >= 0.3 is 0 Å². The fraction of sp³-hybridized carbons (Fsp3) is 0.667. The molecule has 0 unspecified atom stereocenters. The molecule has 0 atom stereocenters. The summed E-state index contributed by atoms with van der Waals surface area (Å²) in [5, 5.41) is 3.46. The van der Waals surface area contributed by atoms with Gasteiger partial charge in [-0.15, -0.1) is 0 Å². The molecule has 0 heterocycles. The van der Waals surface area contributed by atoms with Gasteiger partial charge in [-0.2, -0.15) is 0 Å². The fourth-order valence-electron chi connectivity index (χ4n) is 2.29. The third-order valence-electron chi connectivity index (χ3n) is 3.52. The van der Waals surface area contributed by atoms with Gasteiger partial charge in [0.25, 0.3) is 0 Å². The van der Waals surface area contributed by atoms with E-state index in [2.05, 4.69) is 56.1 Å². The predicted octanol–water partition coefficient (Wildman–Crippen LogP) is 3.94. The maximum Gasteiger partial charge on any atom is 0.121 e. The smallest absolute Gasteiger partial charge is 0.121 e. The first-order valence-corrected chi connectivity index (χ1v) is 8.35. The van der Waals surface area contributed by atoms with Crippen molar-refractivity contribution in [2.24, 2.45) is 5.92 Å². The molecule has 120 valence electrons. The highest BCUT2D eigenvalue weighted by molar-refractivity contribution is 5.50. The van der Waals surface area contributed by atoms with Crippen molar-refractivity contribution in [3.63, 3.8) is 0 Å². The first-order valence-electron chi connectivity index (χ1n) is 8.35. The summed E-state index contributed by atoms with van der Waals surface area (Å²) >= 11 is 0. The maximum absolute atomic E-state index is 5.86. The molecule has 3 nitrogen and oxygen atoms in total. The van der Waals surface area contributed by atoms with E-state index in [1.807, 2.05) is 6.07 Å². The van der Waals surface area contributed by atoms with Crippen molar-refractivity contribution in [3.05, 3.63) is 24.3 Å². The number of hydrogen-bond donors (Lipinski definition) is 1. The van der Waals surface area contributed by atoms with E-state index < -0.39 is 0 Å². The highest BCUT2D eigenvalue weighted by Crippen LogP contribution is 2.21. The van der Waals surface area contributed by atoms with Crippen LogP contribution in [0.1, 0.15) is 40.5 Å². The second-order valence-electron chi connectivity index (χ2n) is 5.82. The van der Waals surface area contributed by atoms with E-state index in [1.54, 1.807) is 0 Å². The van der Waals surface area contributed by atoms with E-state index in [0.717, 1.165) is 50.9 Å². The number of nitrogens with one attached hydrogen (secondary N) is 1. The SMILES string of the molecule is CCN(CC)c1cccc(OCCCCNCC(C)C)c1. The first-order chi connectivity index (χ1) is 10.2. The van der Waals surface area contributed by atoms with Crippen molar-refractivity contribution in [3.8, 4) is 5.75 Å². The number of hydrogen-bond acceptors (Lipinski definition) is 3. The lowest BCUT2D eigenvalue weighted by Gasteiger charge is -2.21. The van der Waals surface area contributed by atoms with Crippen LogP contribution in [0.15, 0.2) is 24.3 Å². The number of nitrogens with zero attached hydrogens (tertiary/aromatic N) is 1. The van der Waals surface area contributed by atoms with Gasteiger partial charge in [0.15, 0.2) is 0 Å². The van der Waals surface area contributed by atoms with E-state index in [0.29, 0.717) is 0 Å². The summed E-state index contributed by atoms with van der Waals surface area (Å²) in [4.78, 5) is 2.34. The zero-order valence-electron chi connectivity index (χ0n) is 14.2. The average Bonchev–Trinajstić information content (AvgIpc) is 2.48. The van der Waals surface area contributed by atoms with Gasteiger partial charge in [0.05, 0.1) is 6.61 Å². The lowest BCUT2D eigenvalue weighted by molar-refractivity contribution is 0.305. The third kappa shape index (κ3) is 7.37. The van der Waals surface area contributed by atoms with E-state index in [-0.39, 0.29) is 0 Å². The lowest BCUT2D eigenvalue weighted by atomic mass is 10.2. The van der Waals surface area contributed by atoms with Gasteiger partial charge in [-0.3, -0.25) is 0 Å². The van der Waals surface area contributed by atoms with Crippen LogP contribution in [-0.2, 0) is 0 Å². The van der Waals surface area contributed by atoms with Crippen molar-refractivity contribution in [2.45, 2.75) is 40.5 Å². The van der Waals surface area contributed by atoms with Crippen LogP contribution in [-0.4, -0.2) is 32.8 Å². The quantitative estimate of drug-likeness (QED) is 0.625. The van der Waals surface area contributed by atoms with Gasteiger partial charge < -0.3 is 15.0 Å². The van der Waals surface area contributed by atoms with Gasteiger partial charge in [-0.05, 0) is 57.8 Å². The molecule has 0 saturated carbocycles. The van der Waals surface area contributed by atoms with Crippen LogP contribution in [0.5, 0.6) is 5.75 Å². The Bertz CT molecular complexity index is 375. The number of ether oxygens (including phenoxy) is 1. The second-order valence-corrected chi connectivity index (χ2v) is 5.82. The maximum atomic E-state index is 5.86. The van der Waals surface area contributed by atoms with Crippen molar-refractivity contribution in [1.29, 1.82) is 0 Å². The molecular weight excluding hydrogens is 260 g/mol. The van der Waals surface area contributed by atoms with Crippen LogP contribution in [0.4, 0.5) is 5.69 Å². The summed E-state index contributed by atoms with van der Waals surface area (Å²) in [5.41, 5.74) is 1.25. The molecule has 1 N–H and O–H groups in total. The fourth-order valence-corrected chi connectivity index (χ4v) is 2.29. The molecule has 0 fully saturated rings. The minimum atomic E-state index is 0.726. The number of anilines is 1. The summed E-state index contributed by atoms with van der Waals surface area (Å²) < 4.78 is 5.86. The molecule has 0 amide bonds. The molecule has 0 spiro atoms. The molecule has 0 aromatic heterocycles. The minimum Gasteiger partial charge on any atom is -0.494 e. The van der Waals surface area contributed by atoms with Crippen LogP contribution in [0.2, 0.25) is 0 Å². The van der Waals surface area contributed by atoms with Crippen molar-refractivity contribution < 1.29 is 4.74 Å². The van der Waals surface area contributed by atoms with Crippen molar-refractivity contribution in [2.75, 3.05) is 37.7 Å². The Kier molecular flexibility index (Phi) is 8.91. The monoisotopic (exact) mass is 292 g/mol. The number of unbranched alkanes of at least 4 members (excludes halogenated alkanes) is 1. The topological polar surface area (TPSA) is 24.5 Å². The van der Waals surface area contributed by atoms with Gasteiger partial charge in [-0.25, -0.2) is 0 Å². The molecule has 0 radical (unpaired) electrons. The molecule has 0 bridgehead atoms. The normalized spacial score (nSPS) is 10.9. The van der Waals surface area contributed by atoms with Crippen LogP contribution in [0.3, 0.4) is 0 Å². The molecule has 1 rings (SSSR count). The van der Waals surface area contributed by atoms with Crippen LogP contribution >= 0.6 is 0 Å². The van der Waals surface area contributed by atoms with E-state index >= 15 is 0 Å². The van der Waals surface area contributed by atoms with Gasteiger partial charge in [-0.1, -0.05) is 19.9 Å². The largest absolute Gasteiger partial charge is 0.494 e. The van der Waals surface area contributed by atoms with Gasteiger partial charge in [0.1, 0.15) is 5.75 Å². The summed E-state index contributed by atoms with van der Waals surface area (Å²) in [6.07, 6.45) is 2.27. The molecule has 0 aliphatic rings. The molecule has 0 aliphatic heterocycles. The molecule has 1 aromatic carbocycles. The predicted molar refractivity (Wildman–Crippen MR) is 92.4 cm³/mol. The van der Waals surface area contributed by atoms with Crippen molar-refractivity contribution >= 4 is 5.69 Å². The molecule has 3 heteroatoms. The molecule has 0 aliphatic carbocycles. The Balaban J connectivity index is 2.24. The summed E-state index contributed by atoms with van der Waals surface area (Å²) in [6.45, 7) is 13.9. The standard InChI is InChI=1S/C18H32N2O/c1-5-20(6-2)17-10-9-11-18(14-17)21-13-8-7-12-19-15-16(3)4/h9-11,14,16,19H,5-8,12-13,15H2,1-4H3. The number of rotatable bonds is 11. The highest BCUT2D eigenvalue weighted by Gasteiger charge is 2.03. The molecular formula is C18H32N2O. The van der Waals surface area contributed by atoms with Crippen LogP contribution < -0.4 is 15.0 Å². The summed E-state index contributed by atoms with van der Waals surface area (Å²) in [5.74, 6) is 1.71. The van der Waals surface area contributed by atoms with Gasteiger partial charge in [0, 0.05) is 24.8 Å². The van der Waals surface area contributed by atoms with Gasteiger partial charge in [0.2, 0.25) is 0 Å². The zero-order chi connectivity index (χ0) is 15.5. The Morgan fingerprint density at radius 3 is 2.57 bits per heavy atom. The van der Waals surface area contributed by atoms with Crippen LogP contribution in [0, 0.1) is 5.92 Å². The zero-order valence-corrected chi connectivity index (χ0v) is 14.2. The van der Waals surface area contributed by atoms with Crippen LogP contribution in [0.25, 0.3) is 0 Å². The van der Waals surface area contributed by atoms with Crippen molar-refractivity contribution in [1.82, 2.24) is 5.32 Å². The molecule has 1 aromatic rings. The second kappa shape index (κ2) is 10.5. The minimum absolute atomic E-state index is 0.726. The molecule has 21 heavy (non-hydrogen) atoms.